The molecule has 0 radical (unpaired) electrons. The molecule has 3 aromatic rings. The minimum atomic E-state index is -0.885. The number of nitrogens with zero attached hydrogens (tertiary/aromatic N) is 3. The Morgan fingerprint density at radius 3 is 2.19 bits per heavy atom. The second-order valence-electron chi connectivity index (χ2n) is 6.97. The highest BCUT2D eigenvalue weighted by molar-refractivity contribution is 5.97. The lowest BCUT2D eigenvalue weighted by atomic mass is 9.99. The van der Waals surface area contributed by atoms with Crippen LogP contribution in [0.15, 0.2) is 90.0 Å². The largest absolute Gasteiger partial charge is 0.856 e. The maximum atomic E-state index is 12.7. The fourth-order valence-electron chi connectivity index (χ4n) is 3.42. The van der Waals surface area contributed by atoms with E-state index in [-0.39, 0.29) is 11.6 Å². The molecule has 0 spiro atoms. The van der Waals surface area contributed by atoms with Gasteiger partial charge >= 0.3 is 0 Å². The topological polar surface area (TPSA) is 111 Å². The van der Waals surface area contributed by atoms with Crippen molar-refractivity contribution in [3.63, 3.8) is 0 Å². The number of hydrogen-bond acceptors (Lipinski definition) is 5. The van der Waals surface area contributed by atoms with E-state index in [1.165, 1.54) is 16.8 Å². The second-order valence-corrected chi connectivity index (χ2v) is 6.97. The first-order chi connectivity index (χ1) is 15.0. The summed E-state index contributed by atoms with van der Waals surface area (Å²) in [7, 11) is 0. The molecule has 1 amide bonds. The fourth-order valence-corrected chi connectivity index (χ4v) is 3.42. The molecule has 0 aliphatic carbocycles. The highest BCUT2D eigenvalue weighted by Crippen LogP contribution is 2.27. The standard InChI is InChI=1S/C23H18N4O4/c28-22(18-9-5-2-6-10-18)24-20-21(17-7-3-1-4-8-17)26(25-23(20)29)15-16-11-13-19(14-12-16)27(30)31/h1-15,20-21H,(H-,24,25,28,29)/b26-15-/t20-,21-/m0/s1. The van der Waals surface area contributed by atoms with Crippen LogP contribution < -0.4 is 10.4 Å². The van der Waals surface area contributed by atoms with Crippen molar-refractivity contribution in [3.8, 4) is 0 Å². The van der Waals surface area contributed by atoms with Crippen LogP contribution in [0, 0.1) is 10.1 Å². The van der Waals surface area contributed by atoms with Crippen LogP contribution in [-0.2, 0) is 0 Å². The van der Waals surface area contributed by atoms with Crippen LogP contribution in [0.4, 0.5) is 5.69 Å². The SMILES string of the molecule is O=C(N[C@@H]1C([O-])=N/[N+](=C\c2ccc([N+](=O)[O-])cc2)[C@H]1c1ccccc1)c1ccccc1. The molecule has 8 heteroatoms. The van der Waals surface area contributed by atoms with Gasteiger partial charge in [0.15, 0.2) is 0 Å². The van der Waals surface area contributed by atoms with Gasteiger partial charge in [0.25, 0.3) is 11.6 Å². The van der Waals surface area contributed by atoms with Crippen LogP contribution in [0.2, 0.25) is 0 Å². The van der Waals surface area contributed by atoms with E-state index < -0.39 is 22.9 Å². The van der Waals surface area contributed by atoms with Crippen molar-refractivity contribution in [1.82, 2.24) is 5.32 Å². The van der Waals surface area contributed by atoms with Crippen molar-refractivity contribution in [3.05, 3.63) is 112 Å². The summed E-state index contributed by atoms with van der Waals surface area (Å²) in [5, 5.41) is 30.5. The van der Waals surface area contributed by atoms with E-state index in [1.807, 2.05) is 30.3 Å². The van der Waals surface area contributed by atoms with Gasteiger partial charge in [-0.2, -0.15) is 0 Å². The highest BCUT2D eigenvalue weighted by Gasteiger charge is 2.41. The Bertz CT molecular complexity index is 1160. The Labute approximate surface area is 177 Å². The lowest BCUT2D eigenvalue weighted by molar-refractivity contribution is -0.565. The maximum Gasteiger partial charge on any atom is 0.269 e. The quantitative estimate of drug-likeness (QED) is 0.392. The van der Waals surface area contributed by atoms with Crippen LogP contribution in [0.5, 0.6) is 0 Å². The van der Waals surface area contributed by atoms with Gasteiger partial charge in [-0.15, -0.1) is 0 Å². The summed E-state index contributed by atoms with van der Waals surface area (Å²) in [4.78, 5) is 23.1. The molecule has 2 atom stereocenters. The Balaban J connectivity index is 1.68. The van der Waals surface area contributed by atoms with Crippen LogP contribution in [0.1, 0.15) is 27.5 Å². The predicted molar refractivity (Wildman–Crippen MR) is 113 cm³/mol. The van der Waals surface area contributed by atoms with Gasteiger partial charge in [0.1, 0.15) is 6.04 Å². The van der Waals surface area contributed by atoms with E-state index in [4.69, 9.17) is 0 Å². The number of benzene rings is 3. The Morgan fingerprint density at radius 1 is 0.968 bits per heavy atom. The molecule has 8 nitrogen and oxygen atoms in total. The zero-order valence-electron chi connectivity index (χ0n) is 16.3. The molecular weight excluding hydrogens is 396 g/mol. The fraction of sp³-hybridized carbons (Fsp3) is 0.0870. The van der Waals surface area contributed by atoms with E-state index in [2.05, 4.69) is 10.4 Å². The van der Waals surface area contributed by atoms with Crippen molar-refractivity contribution in [2.45, 2.75) is 12.1 Å². The number of rotatable bonds is 5. The molecular formula is C23H18N4O4. The summed E-state index contributed by atoms with van der Waals surface area (Å²) in [5.41, 5.74) is 1.85. The molecule has 154 valence electrons. The summed E-state index contributed by atoms with van der Waals surface area (Å²) in [5.74, 6) is -0.844. The molecule has 31 heavy (non-hydrogen) atoms. The monoisotopic (exact) mass is 414 g/mol. The number of hydrogen-bond donors (Lipinski definition) is 1. The van der Waals surface area contributed by atoms with Gasteiger partial charge in [-0.05, 0) is 29.4 Å². The number of amides is 1. The molecule has 1 N–H and O–H groups in total. The molecule has 4 rings (SSSR count). The molecule has 0 fully saturated rings. The van der Waals surface area contributed by atoms with E-state index >= 15 is 0 Å². The summed E-state index contributed by atoms with van der Waals surface area (Å²) >= 11 is 0. The van der Waals surface area contributed by atoms with Crippen molar-refractivity contribution in [2.24, 2.45) is 5.10 Å². The van der Waals surface area contributed by atoms with Crippen LogP contribution in [0.25, 0.3) is 0 Å². The number of non-ortho nitro benzene ring substituents is 1. The van der Waals surface area contributed by atoms with Gasteiger partial charge in [0.05, 0.1) is 10.8 Å². The van der Waals surface area contributed by atoms with Crippen LogP contribution in [0.3, 0.4) is 0 Å². The van der Waals surface area contributed by atoms with Gasteiger partial charge < -0.3 is 10.4 Å². The average molecular weight is 414 g/mol. The van der Waals surface area contributed by atoms with Gasteiger partial charge in [-0.1, -0.05) is 53.2 Å². The lowest BCUT2D eigenvalue weighted by Crippen LogP contribution is -2.47. The number of hydrazone groups is 1. The molecule has 3 aromatic carbocycles. The molecule has 1 heterocycles. The first kappa shape index (κ1) is 20.0. The third-order valence-corrected chi connectivity index (χ3v) is 4.93. The normalized spacial score (nSPS) is 19.1. The van der Waals surface area contributed by atoms with Crippen LogP contribution in [-0.4, -0.2) is 33.7 Å². The number of carbonyl (C=O) groups excluding carboxylic acids is 1. The smallest absolute Gasteiger partial charge is 0.269 e. The Hall–Kier alpha value is -4.33. The Morgan fingerprint density at radius 2 is 1.58 bits per heavy atom. The number of nitro groups is 1. The molecule has 1 aliphatic heterocycles. The van der Waals surface area contributed by atoms with Crippen molar-refractivity contribution >= 4 is 23.7 Å². The lowest BCUT2D eigenvalue weighted by Gasteiger charge is -2.20. The van der Waals surface area contributed by atoms with E-state index in [0.29, 0.717) is 11.1 Å². The second kappa shape index (κ2) is 8.58. The highest BCUT2D eigenvalue weighted by atomic mass is 16.6. The molecule has 0 bridgehead atoms. The third-order valence-electron chi connectivity index (χ3n) is 4.93. The van der Waals surface area contributed by atoms with E-state index in [0.717, 1.165) is 5.56 Å². The average Bonchev–Trinajstić information content (AvgIpc) is 3.09. The summed E-state index contributed by atoms with van der Waals surface area (Å²) in [6, 6.07) is 22.4. The number of nitrogens with one attached hydrogen (secondary N) is 1. The van der Waals surface area contributed by atoms with Gasteiger partial charge in [-0.25, -0.2) is 0 Å². The minimum Gasteiger partial charge on any atom is -0.856 e. The van der Waals surface area contributed by atoms with Crippen molar-refractivity contribution in [1.29, 1.82) is 0 Å². The van der Waals surface area contributed by atoms with Crippen molar-refractivity contribution in [2.75, 3.05) is 0 Å². The minimum absolute atomic E-state index is 0.0285. The van der Waals surface area contributed by atoms with Crippen molar-refractivity contribution < 1.29 is 19.5 Å². The first-order valence-electron chi connectivity index (χ1n) is 9.57. The van der Waals surface area contributed by atoms with Gasteiger partial charge in [0, 0.05) is 28.8 Å². The van der Waals surface area contributed by atoms with E-state index in [1.54, 1.807) is 48.7 Å². The molecule has 0 saturated heterocycles. The van der Waals surface area contributed by atoms with E-state index in [9.17, 15) is 20.0 Å². The van der Waals surface area contributed by atoms with Gasteiger partial charge in [-0.3, -0.25) is 14.9 Å². The first-order valence-corrected chi connectivity index (χ1v) is 9.57. The zero-order chi connectivity index (χ0) is 21.8. The molecule has 0 saturated carbocycles. The number of carbonyl (C=O) groups is 1. The van der Waals surface area contributed by atoms with Gasteiger partial charge in [0.2, 0.25) is 12.3 Å². The zero-order valence-corrected chi connectivity index (χ0v) is 16.3. The Kier molecular flexibility index (Phi) is 5.53. The molecule has 1 aliphatic rings. The predicted octanol–water partition coefficient (Wildman–Crippen LogP) is 2.25. The maximum absolute atomic E-state index is 12.7. The number of nitro benzene ring substituents is 1. The van der Waals surface area contributed by atoms with Crippen LogP contribution >= 0.6 is 0 Å². The summed E-state index contributed by atoms with van der Waals surface area (Å²) < 4.78 is 1.49. The molecule has 0 aromatic heterocycles. The summed E-state index contributed by atoms with van der Waals surface area (Å²) in [6.45, 7) is 0. The summed E-state index contributed by atoms with van der Waals surface area (Å²) in [6.07, 6.45) is 1.63. The molecule has 0 unspecified atom stereocenters. The third kappa shape index (κ3) is 4.32.